The molecule has 1 rings (SSSR count). The standard InChI is InChI=1S/C11H21N5O/c1-5-8(11(12)15-17)13-9-6-16(4)14-10(9)7(2)3/h6-8,13,17H,5H2,1-4H3,(H2,12,15). The van der Waals surface area contributed by atoms with Crippen molar-refractivity contribution in [3.05, 3.63) is 11.9 Å². The predicted molar refractivity (Wildman–Crippen MR) is 68.4 cm³/mol. The summed E-state index contributed by atoms with van der Waals surface area (Å²) in [6.07, 6.45) is 2.64. The van der Waals surface area contributed by atoms with Gasteiger partial charge in [-0.2, -0.15) is 5.10 Å². The summed E-state index contributed by atoms with van der Waals surface area (Å²) in [5.74, 6) is 0.509. The van der Waals surface area contributed by atoms with Crippen molar-refractivity contribution in [2.75, 3.05) is 5.32 Å². The van der Waals surface area contributed by atoms with Gasteiger partial charge in [-0.25, -0.2) is 0 Å². The summed E-state index contributed by atoms with van der Waals surface area (Å²) in [5.41, 5.74) is 7.53. The Morgan fingerprint density at radius 2 is 2.29 bits per heavy atom. The number of anilines is 1. The molecule has 4 N–H and O–H groups in total. The van der Waals surface area contributed by atoms with Crippen molar-refractivity contribution < 1.29 is 5.21 Å². The van der Waals surface area contributed by atoms with Crippen molar-refractivity contribution in [1.29, 1.82) is 0 Å². The van der Waals surface area contributed by atoms with Gasteiger partial charge in [-0.05, 0) is 12.3 Å². The molecule has 1 aromatic heterocycles. The minimum absolute atomic E-state index is 0.179. The fourth-order valence-corrected chi connectivity index (χ4v) is 1.69. The highest BCUT2D eigenvalue weighted by Gasteiger charge is 2.17. The molecule has 0 aliphatic rings. The second-order valence-corrected chi connectivity index (χ2v) is 4.39. The summed E-state index contributed by atoms with van der Waals surface area (Å²) < 4.78 is 1.76. The van der Waals surface area contributed by atoms with Crippen LogP contribution in [-0.4, -0.2) is 26.9 Å². The molecule has 0 fully saturated rings. The molecular weight excluding hydrogens is 218 g/mol. The number of hydrogen-bond acceptors (Lipinski definition) is 4. The summed E-state index contributed by atoms with van der Waals surface area (Å²) in [4.78, 5) is 0. The zero-order chi connectivity index (χ0) is 13.0. The lowest BCUT2D eigenvalue weighted by atomic mass is 10.1. The lowest BCUT2D eigenvalue weighted by Gasteiger charge is -2.17. The van der Waals surface area contributed by atoms with Gasteiger partial charge in [0.05, 0.1) is 17.4 Å². The Morgan fingerprint density at radius 1 is 1.65 bits per heavy atom. The Kier molecular flexibility index (Phi) is 4.37. The lowest BCUT2D eigenvalue weighted by Crippen LogP contribution is -2.35. The van der Waals surface area contributed by atoms with Crippen LogP contribution in [0.2, 0.25) is 0 Å². The molecule has 1 atom stereocenters. The number of nitrogens with zero attached hydrogens (tertiary/aromatic N) is 3. The minimum atomic E-state index is -0.179. The topological polar surface area (TPSA) is 88.5 Å². The smallest absolute Gasteiger partial charge is 0.161 e. The van der Waals surface area contributed by atoms with Gasteiger partial charge in [-0.1, -0.05) is 25.9 Å². The average Bonchev–Trinajstić information content (AvgIpc) is 2.66. The van der Waals surface area contributed by atoms with Crippen molar-refractivity contribution in [3.8, 4) is 0 Å². The first-order valence-corrected chi connectivity index (χ1v) is 5.77. The number of nitrogens with two attached hydrogens (primary N) is 1. The summed E-state index contributed by atoms with van der Waals surface area (Å²) in [7, 11) is 1.88. The number of aryl methyl sites for hydroxylation is 1. The van der Waals surface area contributed by atoms with Gasteiger partial charge in [-0.3, -0.25) is 4.68 Å². The Balaban J connectivity index is 2.93. The molecule has 0 bridgehead atoms. The molecule has 96 valence electrons. The maximum atomic E-state index is 8.70. The summed E-state index contributed by atoms with van der Waals surface area (Å²) >= 11 is 0. The highest BCUT2D eigenvalue weighted by Crippen LogP contribution is 2.23. The van der Waals surface area contributed by atoms with Crippen LogP contribution < -0.4 is 11.1 Å². The monoisotopic (exact) mass is 239 g/mol. The van der Waals surface area contributed by atoms with E-state index in [1.54, 1.807) is 4.68 Å². The highest BCUT2D eigenvalue weighted by atomic mass is 16.4. The molecule has 0 radical (unpaired) electrons. The normalized spacial score (nSPS) is 14.1. The largest absolute Gasteiger partial charge is 0.409 e. The number of rotatable bonds is 5. The maximum Gasteiger partial charge on any atom is 0.161 e. The molecule has 6 nitrogen and oxygen atoms in total. The van der Waals surface area contributed by atoms with Crippen molar-refractivity contribution in [1.82, 2.24) is 9.78 Å². The molecule has 6 heteroatoms. The van der Waals surface area contributed by atoms with Gasteiger partial charge in [0.15, 0.2) is 5.84 Å². The third kappa shape index (κ3) is 3.12. The first-order chi connectivity index (χ1) is 7.99. The van der Waals surface area contributed by atoms with Crippen LogP contribution in [0.5, 0.6) is 0 Å². The maximum absolute atomic E-state index is 8.70. The van der Waals surface area contributed by atoms with E-state index in [0.717, 1.165) is 17.8 Å². The van der Waals surface area contributed by atoms with Crippen LogP contribution in [0, 0.1) is 0 Å². The van der Waals surface area contributed by atoms with E-state index < -0.39 is 0 Å². The second kappa shape index (κ2) is 5.56. The van der Waals surface area contributed by atoms with Crippen LogP contribution in [0.15, 0.2) is 11.4 Å². The van der Waals surface area contributed by atoms with Crippen molar-refractivity contribution in [3.63, 3.8) is 0 Å². The fourth-order valence-electron chi connectivity index (χ4n) is 1.69. The van der Waals surface area contributed by atoms with Crippen LogP contribution in [0.1, 0.15) is 38.8 Å². The van der Waals surface area contributed by atoms with E-state index in [9.17, 15) is 0 Å². The molecule has 0 saturated heterocycles. The van der Waals surface area contributed by atoms with Gasteiger partial charge in [0.1, 0.15) is 0 Å². The van der Waals surface area contributed by atoms with E-state index in [4.69, 9.17) is 10.9 Å². The van der Waals surface area contributed by atoms with E-state index >= 15 is 0 Å². The molecular formula is C11H21N5O. The van der Waals surface area contributed by atoms with E-state index in [0.29, 0.717) is 5.92 Å². The lowest BCUT2D eigenvalue weighted by molar-refractivity contribution is 0.316. The Labute approximate surface area is 101 Å². The van der Waals surface area contributed by atoms with Crippen molar-refractivity contribution in [2.24, 2.45) is 17.9 Å². The number of nitrogens with one attached hydrogen (secondary N) is 1. The van der Waals surface area contributed by atoms with Crippen molar-refractivity contribution >= 4 is 11.5 Å². The van der Waals surface area contributed by atoms with E-state index in [1.165, 1.54) is 0 Å². The second-order valence-electron chi connectivity index (χ2n) is 4.39. The van der Waals surface area contributed by atoms with Crippen LogP contribution in [0.25, 0.3) is 0 Å². The molecule has 0 saturated carbocycles. The van der Waals surface area contributed by atoms with Crippen LogP contribution >= 0.6 is 0 Å². The fraction of sp³-hybridized carbons (Fsp3) is 0.636. The molecule has 1 aromatic rings. The zero-order valence-corrected chi connectivity index (χ0v) is 10.8. The Hall–Kier alpha value is -1.72. The molecule has 1 unspecified atom stereocenters. The molecule has 0 aromatic carbocycles. The van der Waals surface area contributed by atoms with E-state index in [1.807, 2.05) is 20.2 Å². The van der Waals surface area contributed by atoms with Gasteiger partial charge < -0.3 is 16.3 Å². The number of oxime groups is 1. The number of amidine groups is 1. The molecule has 1 heterocycles. The number of aromatic nitrogens is 2. The molecule has 0 aliphatic carbocycles. The average molecular weight is 239 g/mol. The summed E-state index contributed by atoms with van der Waals surface area (Å²) in [6, 6.07) is -0.179. The minimum Gasteiger partial charge on any atom is -0.409 e. The molecule has 0 amide bonds. The first-order valence-electron chi connectivity index (χ1n) is 5.77. The van der Waals surface area contributed by atoms with Gasteiger partial charge >= 0.3 is 0 Å². The van der Waals surface area contributed by atoms with Crippen LogP contribution in [-0.2, 0) is 7.05 Å². The Morgan fingerprint density at radius 3 is 2.76 bits per heavy atom. The van der Waals surface area contributed by atoms with Gasteiger partial charge in [-0.15, -0.1) is 0 Å². The predicted octanol–water partition coefficient (Wildman–Crippen LogP) is 1.48. The SMILES string of the molecule is CCC(Nc1cn(C)nc1C(C)C)C(N)=NO. The van der Waals surface area contributed by atoms with Crippen molar-refractivity contribution in [2.45, 2.75) is 39.2 Å². The molecule has 0 spiro atoms. The van der Waals surface area contributed by atoms with Crippen LogP contribution in [0.4, 0.5) is 5.69 Å². The molecule has 0 aliphatic heterocycles. The van der Waals surface area contributed by atoms with Gasteiger partial charge in [0.2, 0.25) is 0 Å². The van der Waals surface area contributed by atoms with Crippen LogP contribution in [0.3, 0.4) is 0 Å². The van der Waals surface area contributed by atoms with E-state index in [-0.39, 0.29) is 11.9 Å². The highest BCUT2D eigenvalue weighted by molar-refractivity contribution is 5.87. The third-order valence-electron chi connectivity index (χ3n) is 2.61. The number of hydrogen-bond donors (Lipinski definition) is 3. The first kappa shape index (κ1) is 13.3. The summed E-state index contributed by atoms with van der Waals surface area (Å²) in [6.45, 7) is 6.14. The zero-order valence-electron chi connectivity index (χ0n) is 10.8. The van der Waals surface area contributed by atoms with Gasteiger partial charge in [0, 0.05) is 13.2 Å². The Bertz CT molecular complexity index is 397. The van der Waals surface area contributed by atoms with E-state index in [2.05, 4.69) is 29.4 Å². The quantitative estimate of drug-likeness (QED) is 0.314. The summed E-state index contributed by atoms with van der Waals surface area (Å²) in [5, 5.41) is 19.4. The third-order valence-corrected chi connectivity index (χ3v) is 2.61. The molecule has 17 heavy (non-hydrogen) atoms. The van der Waals surface area contributed by atoms with Gasteiger partial charge in [0.25, 0.3) is 0 Å².